The highest BCUT2D eigenvalue weighted by atomic mass is 32.9. The standard InChI is InChI=1S/C8H18NO2PS2/c1-4-6-8(3)14-12(13,9-7-10)11-5-2/h7-8H,4-6H2,1-3H3,(H,9,10,13). The molecule has 0 aliphatic rings. The van der Waals surface area contributed by atoms with Gasteiger partial charge in [-0.15, -0.1) is 0 Å². The third kappa shape index (κ3) is 6.02. The van der Waals surface area contributed by atoms with Gasteiger partial charge >= 0.3 is 0 Å². The van der Waals surface area contributed by atoms with Crippen molar-refractivity contribution in [2.75, 3.05) is 6.61 Å². The maximum atomic E-state index is 10.4. The second kappa shape index (κ2) is 7.69. The molecule has 3 nitrogen and oxygen atoms in total. The van der Waals surface area contributed by atoms with Gasteiger partial charge in [0.05, 0.1) is 6.61 Å². The van der Waals surface area contributed by atoms with Crippen LogP contribution in [0.2, 0.25) is 0 Å². The Hall–Kier alpha value is 0.430. The molecule has 2 unspecified atom stereocenters. The number of rotatable bonds is 8. The SMILES string of the molecule is CCCC(C)SP(=S)(NC=O)OCC. The quantitative estimate of drug-likeness (QED) is 0.534. The Morgan fingerprint density at radius 3 is 2.71 bits per heavy atom. The molecule has 0 radical (unpaired) electrons. The fraction of sp³-hybridized carbons (Fsp3) is 0.875. The van der Waals surface area contributed by atoms with E-state index in [4.69, 9.17) is 16.3 Å². The van der Waals surface area contributed by atoms with Gasteiger partial charge in [-0.25, -0.2) is 0 Å². The van der Waals surface area contributed by atoms with Gasteiger partial charge in [-0.1, -0.05) is 31.7 Å². The summed E-state index contributed by atoms with van der Waals surface area (Å²) in [6, 6.07) is 0. The molecule has 0 saturated carbocycles. The minimum atomic E-state index is -2.17. The molecule has 1 amide bonds. The van der Waals surface area contributed by atoms with Gasteiger partial charge in [-0.05, 0) is 25.2 Å². The van der Waals surface area contributed by atoms with Crippen LogP contribution in [0.25, 0.3) is 0 Å². The van der Waals surface area contributed by atoms with E-state index in [1.165, 1.54) is 0 Å². The van der Waals surface area contributed by atoms with Crippen LogP contribution < -0.4 is 5.09 Å². The van der Waals surface area contributed by atoms with E-state index >= 15 is 0 Å². The van der Waals surface area contributed by atoms with Crippen molar-refractivity contribution in [3.63, 3.8) is 0 Å². The summed E-state index contributed by atoms with van der Waals surface area (Å²) in [5.41, 5.74) is -2.17. The molecule has 0 saturated heterocycles. The molecular weight excluding hydrogens is 237 g/mol. The molecule has 0 spiro atoms. The summed E-state index contributed by atoms with van der Waals surface area (Å²) < 4.78 is 5.43. The first kappa shape index (κ1) is 14.4. The summed E-state index contributed by atoms with van der Waals surface area (Å²) in [6.07, 6.45) is 2.86. The van der Waals surface area contributed by atoms with E-state index in [0.29, 0.717) is 18.3 Å². The number of hydrogen-bond donors (Lipinski definition) is 1. The first-order valence-electron chi connectivity index (χ1n) is 4.72. The third-order valence-corrected chi connectivity index (χ3v) is 7.37. The van der Waals surface area contributed by atoms with Crippen LogP contribution in [0.15, 0.2) is 0 Å². The Morgan fingerprint density at radius 1 is 1.64 bits per heavy atom. The summed E-state index contributed by atoms with van der Waals surface area (Å²) in [6.45, 7) is 6.68. The Bertz CT molecular complexity index is 214. The number of amides is 1. The summed E-state index contributed by atoms with van der Waals surface area (Å²) in [5, 5.41) is 3.07. The maximum absolute atomic E-state index is 10.4. The lowest BCUT2D eigenvalue weighted by molar-refractivity contribution is -0.108. The largest absolute Gasteiger partial charge is 0.327 e. The second-order valence-corrected chi connectivity index (χ2v) is 9.80. The van der Waals surface area contributed by atoms with Gasteiger partial charge in [0.2, 0.25) is 12.0 Å². The molecule has 1 N–H and O–H groups in total. The van der Waals surface area contributed by atoms with Crippen LogP contribution in [0, 0.1) is 0 Å². The highest BCUT2D eigenvalue weighted by Gasteiger charge is 2.20. The van der Waals surface area contributed by atoms with Crippen molar-refractivity contribution in [1.29, 1.82) is 0 Å². The monoisotopic (exact) mass is 255 g/mol. The van der Waals surface area contributed by atoms with Crippen LogP contribution in [0.1, 0.15) is 33.6 Å². The topological polar surface area (TPSA) is 38.3 Å². The summed E-state index contributed by atoms with van der Waals surface area (Å²) in [5.74, 6) is 0. The van der Waals surface area contributed by atoms with E-state index in [0.717, 1.165) is 12.8 Å². The predicted molar refractivity (Wildman–Crippen MR) is 67.1 cm³/mol. The Balaban J connectivity index is 4.20. The van der Waals surface area contributed by atoms with Crippen molar-refractivity contribution in [1.82, 2.24) is 5.09 Å². The van der Waals surface area contributed by atoms with Gasteiger partial charge in [-0.3, -0.25) is 4.79 Å². The second-order valence-electron chi connectivity index (χ2n) is 2.87. The molecule has 0 aromatic heterocycles. The summed E-state index contributed by atoms with van der Waals surface area (Å²) >= 11 is 6.88. The van der Waals surface area contributed by atoms with Gasteiger partial charge < -0.3 is 9.61 Å². The zero-order chi connectivity index (χ0) is 11.0. The van der Waals surface area contributed by atoms with Crippen molar-refractivity contribution in [2.45, 2.75) is 38.9 Å². The molecule has 0 bridgehead atoms. The fourth-order valence-corrected chi connectivity index (χ4v) is 6.82. The minimum absolute atomic E-state index is 0.435. The molecule has 0 aromatic rings. The van der Waals surface area contributed by atoms with Crippen molar-refractivity contribution in [3.05, 3.63) is 0 Å². The van der Waals surface area contributed by atoms with E-state index in [2.05, 4.69) is 18.9 Å². The molecule has 0 fully saturated rings. The molecule has 84 valence electrons. The Kier molecular flexibility index (Phi) is 7.92. The highest BCUT2D eigenvalue weighted by molar-refractivity contribution is 8.69. The molecule has 14 heavy (non-hydrogen) atoms. The number of carbonyl (C=O) groups is 1. The molecule has 2 atom stereocenters. The van der Waals surface area contributed by atoms with Crippen molar-refractivity contribution in [3.8, 4) is 0 Å². The summed E-state index contributed by atoms with van der Waals surface area (Å²) in [7, 11) is 0. The minimum Gasteiger partial charge on any atom is -0.327 e. The lowest BCUT2D eigenvalue weighted by atomic mass is 10.3. The molecule has 6 heteroatoms. The predicted octanol–water partition coefficient (Wildman–Crippen LogP) is 2.92. The van der Waals surface area contributed by atoms with E-state index in [-0.39, 0.29) is 0 Å². The van der Waals surface area contributed by atoms with Gasteiger partial charge in [0.15, 0.2) is 0 Å². The van der Waals surface area contributed by atoms with Gasteiger partial charge in [0, 0.05) is 5.25 Å². The number of nitrogens with one attached hydrogen (secondary N) is 1. The van der Waals surface area contributed by atoms with Gasteiger partial charge in [0.1, 0.15) is 0 Å². The molecule has 0 heterocycles. The van der Waals surface area contributed by atoms with Gasteiger partial charge in [0.25, 0.3) is 0 Å². The van der Waals surface area contributed by atoms with E-state index in [9.17, 15) is 4.79 Å². The summed E-state index contributed by atoms with van der Waals surface area (Å²) in [4.78, 5) is 10.4. The lowest BCUT2D eigenvalue weighted by Crippen LogP contribution is -2.10. The average molecular weight is 255 g/mol. The maximum Gasteiger partial charge on any atom is 0.213 e. The van der Waals surface area contributed by atoms with Crippen LogP contribution in [0.5, 0.6) is 0 Å². The normalized spacial score (nSPS) is 17.1. The average Bonchev–Trinajstić information content (AvgIpc) is 2.04. The Labute approximate surface area is 95.3 Å². The highest BCUT2D eigenvalue weighted by Crippen LogP contribution is 2.58. The van der Waals surface area contributed by atoms with Crippen LogP contribution in [0.3, 0.4) is 0 Å². The third-order valence-electron chi connectivity index (χ3n) is 1.52. The van der Waals surface area contributed by atoms with Crippen molar-refractivity contribution < 1.29 is 9.32 Å². The molecule has 0 rings (SSSR count). The van der Waals surface area contributed by atoms with E-state index in [1.54, 1.807) is 11.4 Å². The first-order valence-corrected chi connectivity index (χ1v) is 8.92. The first-order chi connectivity index (χ1) is 6.58. The van der Waals surface area contributed by atoms with E-state index < -0.39 is 5.62 Å². The van der Waals surface area contributed by atoms with Crippen molar-refractivity contribution >= 4 is 35.2 Å². The van der Waals surface area contributed by atoms with Crippen LogP contribution in [0.4, 0.5) is 0 Å². The van der Waals surface area contributed by atoms with Crippen LogP contribution >= 0.6 is 17.0 Å². The van der Waals surface area contributed by atoms with Crippen LogP contribution in [-0.4, -0.2) is 18.3 Å². The molecule has 0 aliphatic heterocycles. The van der Waals surface area contributed by atoms with Crippen molar-refractivity contribution in [2.24, 2.45) is 0 Å². The van der Waals surface area contributed by atoms with Crippen LogP contribution in [-0.2, 0) is 21.1 Å². The number of hydrogen-bond acceptors (Lipinski definition) is 4. The molecule has 0 aromatic carbocycles. The smallest absolute Gasteiger partial charge is 0.213 e. The zero-order valence-corrected chi connectivity index (χ0v) is 11.4. The number of carbonyl (C=O) groups excluding carboxylic acids is 1. The lowest BCUT2D eigenvalue weighted by Gasteiger charge is -2.22. The Morgan fingerprint density at radius 2 is 2.29 bits per heavy atom. The van der Waals surface area contributed by atoms with E-state index in [1.807, 2.05) is 6.92 Å². The van der Waals surface area contributed by atoms with Gasteiger partial charge in [-0.2, -0.15) is 0 Å². The molecular formula is C8H18NO2PS2. The molecule has 0 aliphatic carbocycles. The zero-order valence-electron chi connectivity index (χ0n) is 8.86. The fourth-order valence-electron chi connectivity index (χ4n) is 1.03.